The highest BCUT2D eigenvalue weighted by Gasteiger charge is 2.57. The predicted octanol–water partition coefficient (Wildman–Crippen LogP) is 1.75. The average Bonchev–Trinajstić information content (AvgIpc) is 2.70. The van der Waals surface area contributed by atoms with Gasteiger partial charge in [0, 0.05) is 12.0 Å². The number of nitrogens with zero attached hydrogens (tertiary/aromatic N) is 1. The lowest BCUT2D eigenvalue weighted by molar-refractivity contribution is -0.152. The summed E-state index contributed by atoms with van der Waals surface area (Å²) in [6, 6.07) is 3.04. The molecule has 0 saturated heterocycles. The van der Waals surface area contributed by atoms with Gasteiger partial charge in [0.2, 0.25) is 5.91 Å². The standard InChI is InChI=1S/C25H28N2O7/c1-10(27-34-25(2,3)4)13-5-6-15(28)19-14(13)8-11-7-12-9-16(29)20(24(26)33)23(32)18(12)21(30)17(11)22(19)31/h5-6,11-12,17-18,20,28H,7-9H2,1-4H3,(H2,26,33). The Kier molecular flexibility index (Phi) is 5.70. The Morgan fingerprint density at radius 3 is 2.32 bits per heavy atom. The van der Waals surface area contributed by atoms with Crippen molar-refractivity contribution in [2.75, 3.05) is 0 Å². The summed E-state index contributed by atoms with van der Waals surface area (Å²) >= 11 is 0. The molecule has 0 spiro atoms. The van der Waals surface area contributed by atoms with Gasteiger partial charge in [-0.3, -0.25) is 24.0 Å². The summed E-state index contributed by atoms with van der Waals surface area (Å²) in [4.78, 5) is 69.4. The summed E-state index contributed by atoms with van der Waals surface area (Å²) in [6.07, 6.45) is 0.500. The number of benzene rings is 1. The first kappa shape index (κ1) is 23.8. The van der Waals surface area contributed by atoms with Crippen molar-refractivity contribution in [2.24, 2.45) is 40.5 Å². The number of ketones is 4. The largest absolute Gasteiger partial charge is 0.507 e. The fraction of sp³-hybridized carbons (Fsp3) is 0.520. The predicted molar refractivity (Wildman–Crippen MR) is 120 cm³/mol. The molecular weight excluding hydrogens is 440 g/mol. The Morgan fingerprint density at radius 1 is 1.06 bits per heavy atom. The van der Waals surface area contributed by atoms with Crippen LogP contribution in [0.1, 0.15) is 62.0 Å². The van der Waals surface area contributed by atoms with Crippen LogP contribution >= 0.6 is 0 Å². The number of nitrogens with two attached hydrogens (primary N) is 1. The third-order valence-electron chi connectivity index (χ3n) is 6.95. The highest BCUT2D eigenvalue weighted by atomic mass is 16.6. The molecule has 2 fully saturated rings. The number of phenolic OH excluding ortho intramolecular Hbond substituents is 1. The number of rotatable bonds is 3. The van der Waals surface area contributed by atoms with Crippen molar-refractivity contribution in [3.05, 3.63) is 28.8 Å². The Morgan fingerprint density at radius 2 is 1.71 bits per heavy atom. The topological polar surface area (TPSA) is 153 Å². The minimum absolute atomic E-state index is 0.0432. The van der Waals surface area contributed by atoms with Gasteiger partial charge < -0.3 is 15.7 Å². The molecule has 1 aromatic carbocycles. The zero-order valence-corrected chi connectivity index (χ0v) is 19.6. The van der Waals surface area contributed by atoms with Crippen LogP contribution in [0.3, 0.4) is 0 Å². The van der Waals surface area contributed by atoms with Crippen LogP contribution in [0.2, 0.25) is 0 Å². The summed E-state index contributed by atoms with van der Waals surface area (Å²) in [5, 5.41) is 14.7. The van der Waals surface area contributed by atoms with Gasteiger partial charge in [-0.2, -0.15) is 0 Å². The summed E-state index contributed by atoms with van der Waals surface area (Å²) in [7, 11) is 0. The van der Waals surface area contributed by atoms with E-state index in [1.165, 1.54) is 6.07 Å². The van der Waals surface area contributed by atoms with Gasteiger partial charge in [0.1, 0.15) is 11.4 Å². The van der Waals surface area contributed by atoms with E-state index in [0.717, 1.165) is 0 Å². The lowest BCUT2D eigenvalue weighted by atomic mass is 9.56. The molecule has 0 heterocycles. The number of hydrogen-bond acceptors (Lipinski definition) is 8. The van der Waals surface area contributed by atoms with Crippen molar-refractivity contribution in [3.63, 3.8) is 0 Å². The Labute approximate surface area is 196 Å². The number of aromatic hydroxyl groups is 1. The molecule has 3 N–H and O–H groups in total. The first-order valence-electron chi connectivity index (χ1n) is 11.3. The van der Waals surface area contributed by atoms with E-state index in [1.807, 2.05) is 20.8 Å². The molecule has 1 amide bonds. The maximum Gasteiger partial charge on any atom is 0.235 e. The van der Waals surface area contributed by atoms with Crippen LogP contribution in [0.4, 0.5) is 0 Å². The summed E-state index contributed by atoms with van der Waals surface area (Å²) in [5.74, 6) is -8.83. The first-order valence-corrected chi connectivity index (χ1v) is 11.3. The van der Waals surface area contributed by atoms with Crippen LogP contribution in [-0.4, -0.2) is 45.5 Å². The number of hydrogen-bond donors (Lipinski definition) is 2. The summed E-state index contributed by atoms with van der Waals surface area (Å²) < 4.78 is 0. The number of carbonyl (C=O) groups excluding carboxylic acids is 5. The number of primary amides is 1. The van der Waals surface area contributed by atoms with Crippen LogP contribution in [-0.2, 0) is 30.4 Å². The molecule has 9 nitrogen and oxygen atoms in total. The molecule has 5 atom stereocenters. The second-order valence-electron chi connectivity index (χ2n) is 10.5. The molecule has 180 valence electrons. The fourth-order valence-electron chi connectivity index (χ4n) is 5.58. The molecule has 0 aliphatic heterocycles. The number of carbonyl (C=O) groups is 5. The Balaban J connectivity index is 1.74. The Hall–Kier alpha value is -3.36. The number of fused-ring (bicyclic) bond motifs is 3. The lowest BCUT2D eigenvalue weighted by Crippen LogP contribution is -2.56. The summed E-state index contributed by atoms with van der Waals surface area (Å²) in [5.41, 5.74) is 6.48. The minimum Gasteiger partial charge on any atom is -0.507 e. The van der Waals surface area contributed by atoms with E-state index in [0.29, 0.717) is 29.7 Å². The van der Waals surface area contributed by atoms with E-state index in [9.17, 15) is 29.1 Å². The third-order valence-corrected chi connectivity index (χ3v) is 6.95. The quantitative estimate of drug-likeness (QED) is 0.389. The number of Topliss-reactive ketones (excluding diaryl/α,β-unsaturated/α-hetero) is 4. The molecule has 4 rings (SSSR count). The van der Waals surface area contributed by atoms with Crippen LogP contribution < -0.4 is 5.73 Å². The van der Waals surface area contributed by atoms with E-state index in [2.05, 4.69) is 5.16 Å². The highest BCUT2D eigenvalue weighted by Crippen LogP contribution is 2.48. The fourth-order valence-corrected chi connectivity index (χ4v) is 5.58. The van der Waals surface area contributed by atoms with Crippen molar-refractivity contribution in [3.8, 4) is 5.75 Å². The van der Waals surface area contributed by atoms with E-state index in [1.54, 1.807) is 13.0 Å². The van der Waals surface area contributed by atoms with E-state index in [-0.39, 0.29) is 17.7 Å². The second-order valence-corrected chi connectivity index (χ2v) is 10.5. The summed E-state index contributed by atoms with van der Waals surface area (Å²) in [6.45, 7) is 7.29. The molecule has 3 aliphatic rings. The number of phenols is 1. The van der Waals surface area contributed by atoms with Crippen LogP contribution in [0.25, 0.3) is 0 Å². The van der Waals surface area contributed by atoms with Crippen LogP contribution in [0.15, 0.2) is 17.3 Å². The maximum atomic E-state index is 13.5. The molecule has 0 radical (unpaired) electrons. The number of oxime groups is 1. The smallest absolute Gasteiger partial charge is 0.235 e. The molecule has 5 unspecified atom stereocenters. The van der Waals surface area contributed by atoms with Crippen molar-refractivity contribution in [1.82, 2.24) is 0 Å². The third kappa shape index (κ3) is 3.82. The van der Waals surface area contributed by atoms with Gasteiger partial charge in [0.25, 0.3) is 0 Å². The normalized spacial score (nSPS) is 29.3. The van der Waals surface area contributed by atoms with Gasteiger partial charge in [-0.15, -0.1) is 0 Å². The molecule has 1 aromatic rings. The highest BCUT2D eigenvalue weighted by molar-refractivity contribution is 6.27. The molecule has 9 heteroatoms. The molecule has 0 bridgehead atoms. The molecule has 34 heavy (non-hydrogen) atoms. The van der Waals surface area contributed by atoms with Gasteiger partial charge in [-0.05, 0) is 70.1 Å². The van der Waals surface area contributed by atoms with Crippen molar-refractivity contribution in [1.29, 1.82) is 0 Å². The van der Waals surface area contributed by atoms with Crippen LogP contribution in [0.5, 0.6) is 5.75 Å². The van der Waals surface area contributed by atoms with E-state index in [4.69, 9.17) is 10.6 Å². The molecule has 3 aliphatic carbocycles. The Bertz CT molecular complexity index is 1160. The number of amides is 1. The SMILES string of the molecule is CC(=NOC(C)(C)C)c1ccc(O)c2c1CC1CC3CC(=O)C(C(N)=O)C(=O)C3C(=O)C1C2=O. The molecule has 2 saturated carbocycles. The van der Waals surface area contributed by atoms with E-state index < -0.39 is 64.2 Å². The second kappa shape index (κ2) is 8.14. The lowest BCUT2D eigenvalue weighted by Gasteiger charge is -2.44. The first-order chi connectivity index (χ1) is 15.8. The molecular formula is C25H28N2O7. The maximum absolute atomic E-state index is 13.5. The van der Waals surface area contributed by atoms with Crippen LogP contribution in [0, 0.1) is 29.6 Å². The average molecular weight is 469 g/mol. The van der Waals surface area contributed by atoms with Gasteiger partial charge in [0.05, 0.1) is 23.1 Å². The van der Waals surface area contributed by atoms with Gasteiger partial charge in [-0.25, -0.2) is 0 Å². The van der Waals surface area contributed by atoms with Gasteiger partial charge in [0.15, 0.2) is 29.1 Å². The van der Waals surface area contributed by atoms with E-state index >= 15 is 0 Å². The van der Waals surface area contributed by atoms with Crippen molar-refractivity contribution in [2.45, 2.75) is 52.6 Å². The zero-order chi connectivity index (χ0) is 25.1. The van der Waals surface area contributed by atoms with Gasteiger partial charge in [-0.1, -0.05) is 5.16 Å². The molecule has 0 aromatic heterocycles. The van der Waals surface area contributed by atoms with Crippen molar-refractivity contribution >= 4 is 34.8 Å². The monoisotopic (exact) mass is 468 g/mol. The zero-order valence-electron chi connectivity index (χ0n) is 19.6. The minimum atomic E-state index is -1.64. The van der Waals surface area contributed by atoms with Crippen molar-refractivity contribution < 1.29 is 33.9 Å². The van der Waals surface area contributed by atoms with Gasteiger partial charge >= 0.3 is 0 Å².